The number of hydrogen-bond donors (Lipinski definition) is 0. The molecule has 0 unspecified atom stereocenters. The van der Waals surface area contributed by atoms with E-state index in [1.165, 1.54) is 27.8 Å². The van der Waals surface area contributed by atoms with Crippen LogP contribution in [0.4, 0.5) is 0 Å². The number of aryl methyl sites for hydroxylation is 1. The fourth-order valence-corrected chi connectivity index (χ4v) is 3.35. The Hall–Kier alpha value is -2.14. The molecule has 0 aliphatic rings. The molecule has 0 fully saturated rings. The van der Waals surface area contributed by atoms with Crippen LogP contribution in [0.5, 0.6) is 0 Å². The van der Waals surface area contributed by atoms with Crippen LogP contribution in [0.15, 0.2) is 30.6 Å². The van der Waals surface area contributed by atoms with Crippen LogP contribution in [0.2, 0.25) is 0 Å². The van der Waals surface area contributed by atoms with Crippen molar-refractivity contribution in [1.82, 2.24) is 4.98 Å². The summed E-state index contributed by atoms with van der Waals surface area (Å²) in [5.74, 6) is 0. The second kappa shape index (κ2) is 6.40. The van der Waals surface area contributed by atoms with E-state index in [-0.39, 0.29) is 10.8 Å². The molecular weight excluding hydrogens is 292 g/mol. The van der Waals surface area contributed by atoms with Gasteiger partial charge in [-0.25, -0.2) is 0 Å². The van der Waals surface area contributed by atoms with Crippen LogP contribution in [0.3, 0.4) is 0 Å². The van der Waals surface area contributed by atoms with Gasteiger partial charge in [-0.05, 0) is 64.1 Å². The van der Waals surface area contributed by atoms with Gasteiger partial charge in [-0.2, -0.15) is 5.26 Å². The maximum atomic E-state index is 9.33. The predicted octanol–water partition coefficient (Wildman–Crippen LogP) is 5.45. The smallest absolute Gasteiger partial charge is 0.0991 e. The Morgan fingerprint density at radius 3 is 2.17 bits per heavy atom. The highest BCUT2D eigenvalue weighted by Gasteiger charge is 2.22. The van der Waals surface area contributed by atoms with Gasteiger partial charge in [0.05, 0.1) is 11.6 Å². The lowest BCUT2D eigenvalue weighted by atomic mass is 9.78. The fraction of sp³-hybridized carbons (Fsp3) is 0.455. The Kier molecular flexibility index (Phi) is 4.85. The van der Waals surface area contributed by atoms with E-state index in [1.54, 1.807) is 0 Å². The van der Waals surface area contributed by atoms with Gasteiger partial charge in [-0.1, -0.05) is 47.6 Å². The van der Waals surface area contributed by atoms with E-state index in [0.29, 0.717) is 0 Å². The van der Waals surface area contributed by atoms with Crippen molar-refractivity contribution in [3.8, 4) is 6.07 Å². The van der Waals surface area contributed by atoms with Crippen molar-refractivity contribution in [3.63, 3.8) is 0 Å². The van der Waals surface area contributed by atoms with Gasteiger partial charge in [0.15, 0.2) is 0 Å². The summed E-state index contributed by atoms with van der Waals surface area (Å²) in [6.45, 7) is 15.4. The van der Waals surface area contributed by atoms with Crippen molar-refractivity contribution in [2.45, 2.75) is 65.7 Å². The zero-order valence-corrected chi connectivity index (χ0v) is 16.0. The minimum absolute atomic E-state index is 0.0441. The zero-order chi connectivity index (χ0) is 18.1. The van der Waals surface area contributed by atoms with Crippen molar-refractivity contribution in [2.24, 2.45) is 0 Å². The van der Waals surface area contributed by atoms with Crippen LogP contribution >= 0.6 is 0 Å². The van der Waals surface area contributed by atoms with E-state index in [0.717, 1.165) is 12.0 Å². The Balaban J connectivity index is 2.54. The summed E-state index contributed by atoms with van der Waals surface area (Å²) in [5, 5.41) is 9.33. The van der Waals surface area contributed by atoms with Crippen LogP contribution in [0, 0.1) is 18.3 Å². The molecule has 0 spiro atoms. The molecule has 0 aliphatic heterocycles. The molecule has 0 bridgehead atoms. The lowest BCUT2D eigenvalue weighted by molar-refractivity contribution is 0.578. The van der Waals surface area contributed by atoms with E-state index in [2.05, 4.69) is 65.6 Å². The van der Waals surface area contributed by atoms with Gasteiger partial charge in [0.25, 0.3) is 0 Å². The van der Waals surface area contributed by atoms with Gasteiger partial charge < -0.3 is 0 Å². The molecule has 0 aliphatic carbocycles. The summed E-state index contributed by atoms with van der Waals surface area (Å²) < 4.78 is 0. The molecule has 0 atom stereocenters. The third-order valence-corrected chi connectivity index (χ3v) is 4.35. The van der Waals surface area contributed by atoms with E-state index >= 15 is 0 Å². The molecule has 2 heteroatoms. The number of pyridine rings is 1. The highest BCUT2D eigenvalue weighted by atomic mass is 14.6. The maximum absolute atomic E-state index is 9.33. The topological polar surface area (TPSA) is 36.7 Å². The first kappa shape index (κ1) is 18.2. The maximum Gasteiger partial charge on any atom is 0.0991 e. The molecular formula is C22H28N2. The average molecular weight is 320 g/mol. The van der Waals surface area contributed by atoms with Crippen molar-refractivity contribution in [2.75, 3.05) is 0 Å². The number of nitriles is 1. The molecule has 1 aromatic heterocycles. The molecule has 0 amide bonds. The second-order valence-corrected chi connectivity index (χ2v) is 8.70. The van der Waals surface area contributed by atoms with E-state index < -0.39 is 0 Å². The summed E-state index contributed by atoms with van der Waals surface area (Å²) in [4.78, 5) is 4.44. The second-order valence-electron chi connectivity index (χ2n) is 8.70. The lowest BCUT2D eigenvalue weighted by Gasteiger charge is -2.26. The molecule has 2 nitrogen and oxygen atoms in total. The molecule has 2 rings (SSSR count). The molecule has 0 saturated carbocycles. The van der Waals surface area contributed by atoms with E-state index in [1.807, 2.05) is 24.5 Å². The van der Waals surface area contributed by atoms with Gasteiger partial charge in [0.2, 0.25) is 0 Å². The first-order chi connectivity index (χ1) is 11.0. The Bertz CT molecular complexity index is 781. The molecule has 1 aromatic carbocycles. The third-order valence-electron chi connectivity index (χ3n) is 4.35. The standard InChI is InChI=1S/C22H28N2/c1-15-8-16(12-23)9-18(20(15)22(5,6)7)10-17-11-19(14-24-13-17)21(2,3)4/h8-9,11,13-14H,10H2,1-7H3. The Morgan fingerprint density at radius 2 is 1.62 bits per heavy atom. The largest absolute Gasteiger partial charge is 0.264 e. The molecule has 24 heavy (non-hydrogen) atoms. The first-order valence-corrected chi connectivity index (χ1v) is 8.51. The Labute approximate surface area is 146 Å². The van der Waals surface area contributed by atoms with Gasteiger partial charge in [-0.3, -0.25) is 4.98 Å². The predicted molar refractivity (Wildman–Crippen MR) is 100 cm³/mol. The molecule has 0 N–H and O–H groups in total. The van der Waals surface area contributed by atoms with Gasteiger partial charge in [-0.15, -0.1) is 0 Å². The van der Waals surface area contributed by atoms with Crippen molar-refractivity contribution >= 4 is 0 Å². The highest BCUT2D eigenvalue weighted by Crippen LogP contribution is 2.32. The van der Waals surface area contributed by atoms with Crippen LogP contribution in [-0.2, 0) is 17.3 Å². The summed E-state index contributed by atoms with van der Waals surface area (Å²) in [6, 6.07) is 8.57. The van der Waals surface area contributed by atoms with Crippen LogP contribution in [0.1, 0.15) is 74.9 Å². The summed E-state index contributed by atoms with van der Waals surface area (Å²) in [7, 11) is 0. The molecule has 0 radical (unpaired) electrons. The summed E-state index contributed by atoms with van der Waals surface area (Å²) in [5.41, 5.74) is 7.05. The molecule has 126 valence electrons. The minimum atomic E-state index is 0.0441. The quantitative estimate of drug-likeness (QED) is 0.738. The van der Waals surface area contributed by atoms with Crippen LogP contribution in [0.25, 0.3) is 0 Å². The Morgan fingerprint density at radius 1 is 0.958 bits per heavy atom. The van der Waals surface area contributed by atoms with Crippen molar-refractivity contribution in [1.29, 1.82) is 5.26 Å². The SMILES string of the molecule is Cc1cc(C#N)cc(Cc2cncc(C(C)(C)C)c2)c1C(C)(C)C. The minimum Gasteiger partial charge on any atom is -0.264 e. The van der Waals surface area contributed by atoms with Gasteiger partial charge in [0.1, 0.15) is 0 Å². The molecule has 1 heterocycles. The van der Waals surface area contributed by atoms with E-state index in [4.69, 9.17) is 0 Å². The van der Waals surface area contributed by atoms with Crippen molar-refractivity contribution in [3.05, 3.63) is 64.0 Å². The highest BCUT2D eigenvalue weighted by molar-refractivity contribution is 5.48. The number of nitrogens with zero attached hydrogens (tertiary/aromatic N) is 2. The summed E-state index contributed by atoms with van der Waals surface area (Å²) >= 11 is 0. The third kappa shape index (κ3) is 4.03. The van der Waals surface area contributed by atoms with E-state index in [9.17, 15) is 5.26 Å². The van der Waals surface area contributed by atoms with Gasteiger partial charge in [0, 0.05) is 12.4 Å². The van der Waals surface area contributed by atoms with Crippen molar-refractivity contribution < 1.29 is 0 Å². The molecule has 0 saturated heterocycles. The number of aromatic nitrogens is 1. The molecule has 2 aromatic rings. The monoisotopic (exact) mass is 320 g/mol. The normalized spacial score (nSPS) is 12.1. The zero-order valence-electron chi connectivity index (χ0n) is 16.0. The fourth-order valence-electron chi connectivity index (χ4n) is 3.35. The average Bonchev–Trinajstić information content (AvgIpc) is 2.44. The number of benzene rings is 1. The van der Waals surface area contributed by atoms with Crippen LogP contribution in [-0.4, -0.2) is 4.98 Å². The number of hydrogen-bond acceptors (Lipinski definition) is 2. The van der Waals surface area contributed by atoms with Gasteiger partial charge >= 0.3 is 0 Å². The number of rotatable bonds is 2. The summed E-state index contributed by atoms with van der Waals surface area (Å²) in [6.07, 6.45) is 4.70. The lowest BCUT2D eigenvalue weighted by Crippen LogP contribution is -2.17. The first-order valence-electron chi connectivity index (χ1n) is 8.51. The van der Waals surface area contributed by atoms with Crippen LogP contribution < -0.4 is 0 Å².